The summed E-state index contributed by atoms with van der Waals surface area (Å²) >= 11 is 3.30. The summed E-state index contributed by atoms with van der Waals surface area (Å²) in [5.41, 5.74) is 1.40. The van der Waals surface area contributed by atoms with Crippen molar-refractivity contribution < 1.29 is 13.6 Å². The third kappa shape index (κ3) is 3.38. The molecule has 0 heterocycles. The number of benzene rings is 2. The van der Waals surface area contributed by atoms with Crippen molar-refractivity contribution >= 4 is 27.5 Å². The molecule has 2 rings (SSSR count). The van der Waals surface area contributed by atoms with Crippen LogP contribution in [0.3, 0.4) is 0 Å². The van der Waals surface area contributed by atoms with Gasteiger partial charge in [0.05, 0.1) is 5.69 Å². The first kappa shape index (κ1) is 13.7. The Bertz CT molecular complexity index is 599. The van der Waals surface area contributed by atoms with Gasteiger partial charge in [-0.05, 0) is 29.8 Å². The Kier molecular flexibility index (Phi) is 4.27. The zero-order valence-electron chi connectivity index (χ0n) is 9.79. The Morgan fingerprint density at radius 3 is 2.37 bits per heavy atom. The summed E-state index contributed by atoms with van der Waals surface area (Å²) in [6.07, 6.45) is 0. The van der Waals surface area contributed by atoms with Crippen LogP contribution in [0.4, 0.5) is 14.5 Å². The first-order chi connectivity index (χ1) is 9.10. The van der Waals surface area contributed by atoms with Gasteiger partial charge in [0.1, 0.15) is 11.6 Å². The van der Waals surface area contributed by atoms with Crippen LogP contribution in [0.2, 0.25) is 0 Å². The van der Waals surface area contributed by atoms with Crippen molar-refractivity contribution in [3.05, 3.63) is 65.2 Å². The van der Waals surface area contributed by atoms with Crippen LogP contribution in [0.25, 0.3) is 0 Å². The highest BCUT2D eigenvalue weighted by Crippen LogP contribution is 2.16. The smallest absolute Gasteiger partial charge is 0.255 e. The Morgan fingerprint density at radius 2 is 1.79 bits per heavy atom. The van der Waals surface area contributed by atoms with E-state index in [1.807, 2.05) is 0 Å². The fraction of sp³-hybridized carbons (Fsp3) is 0.0714. The zero-order valence-corrected chi connectivity index (χ0v) is 11.4. The van der Waals surface area contributed by atoms with E-state index < -0.39 is 17.5 Å². The molecule has 0 fully saturated rings. The summed E-state index contributed by atoms with van der Waals surface area (Å²) in [6, 6.07) is 9.89. The molecule has 1 amide bonds. The van der Waals surface area contributed by atoms with Gasteiger partial charge in [-0.1, -0.05) is 28.1 Å². The molecule has 0 saturated carbocycles. The molecule has 0 aliphatic heterocycles. The number of rotatable bonds is 3. The molecule has 0 atom stereocenters. The van der Waals surface area contributed by atoms with Gasteiger partial charge in [-0.25, -0.2) is 8.78 Å². The third-order valence-electron chi connectivity index (χ3n) is 2.55. The van der Waals surface area contributed by atoms with Crippen LogP contribution in [-0.4, -0.2) is 5.91 Å². The zero-order chi connectivity index (χ0) is 13.8. The first-order valence-corrected chi connectivity index (χ1v) is 6.63. The summed E-state index contributed by atoms with van der Waals surface area (Å²) in [6.45, 7) is 0. The minimum atomic E-state index is -0.801. The lowest BCUT2D eigenvalue weighted by molar-refractivity contribution is 0.102. The molecule has 0 aromatic heterocycles. The molecule has 0 radical (unpaired) electrons. The van der Waals surface area contributed by atoms with Gasteiger partial charge in [-0.3, -0.25) is 4.79 Å². The van der Waals surface area contributed by atoms with E-state index in [-0.39, 0.29) is 5.69 Å². The Hall–Kier alpha value is -1.75. The van der Waals surface area contributed by atoms with Gasteiger partial charge in [0, 0.05) is 17.0 Å². The molecule has 2 aromatic carbocycles. The van der Waals surface area contributed by atoms with Gasteiger partial charge in [0.2, 0.25) is 0 Å². The molecule has 0 saturated heterocycles. The number of amides is 1. The van der Waals surface area contributed by atoms with Crippen LogP contribution in [0.5, 0.6) is 0 Å². The molecule has 19 heavy (non-hydrogen) atoms. The summed E-state index contributed by atoms with van der Waals surface area (Å²) in [5, 5.41) is 3.09. The van der Waals surface area contributed by atoms with E-state index in [0.717, 1.165) is 17.7 Å². The standard InChI is InChI=1S/C14H10BrF2NO/c15-8-9-1-3-10(4-2-9)14(19)18-13-6-5-11(16)7-12(13)17/h1-7H,8H2,(H,18,19). The quantitative estimate of drug-likeness (QED) is 0.845. The highest BCUT2D eigenvalue weighted by atomic mass is 79.9. The molecule has 0 aliphatic carbocycles. The van der Waals surface area contributed by atoms with Gasteiger partial charge < -0.3 is 5.32 Å². The fourth-order valence-corrected chi connectivity index (χ4v) is 1.90. The number of hydrogen-bond donors (Lipinski definition) is 1. The maximum absolute atomic E-state index is 13.4. The number of carbonyl (C=O) groups is 1. The molecule has 5 heteroatoms. The van der Waals surface area contributed by atoms with Crippen LogP contribution in [0, 0.1) is 11.6 Å². The molecule has 98 valence electrons. The number of carbonyl (C=O) groups excluding carboxylic acids is 1. The lowest BCUT2D eigenvalue weighted by Crippen LogP contribution is -2.13. The van der Waals surface area contributed by atoms with Crippen molar-refractivity contribution in [3.8, 4) is 0 Å². The molecular weight excluding hydrogens is 316 g/mol. The van der Waals surface area contributed by atoms with E-state index in [0.29, 0.717) is 10.9 Å². The van der Waals surface area contributed by atoms with Crippen molar-refractivity contribution in [3.63, 3.8) is 0 Å². The normalized spacial score (nSPS) is 10.3. The van der Waals surface area contributed by atoms with E-state index in [4.69, 9.17) is 0 Å². The van der Waals surface area contributed by atoms with Crippen molar-refractivity contribution in [2.45, 2.75) is 5.33 Å². The minimum Gasteiger partial charge on any atom is -0.319 e. The number of anilines is 1. The average Bonchev–Trinajstić information content (AvgIpc) is 2.42. The minimum absolute atomic E-state index is 0.0454. The van der Waals surface area contributed by atoms with Crippen molar-refractivity contribution in [1.82, 2.24) is 0 Å². The summed E-state index contributed by atoms with van der Waals surface area (Å²) in [5.74, 6) is -1.92. The van der Waals surface area contributed by atoms with Crippen LogP contribution in [0.1, 0.15) is 15.9 Å². The van der Waals surface area contributed by atoms with Gasteiger partial charge >= 0.3 is 0 Å². The van der Waals surface area contributed by atoms with Gasteiger partial charge in [0.25, 0.3) is 5.91 Å². The second-order valence-corrected chi connectivity index (χ2v) is 4.47. The molecule has 2 aromatic rings. The lowest BCUT2D eigenvalue weighted by atomic mass is 10.1. The van der Waals surface area contributed by atoms with Crippen LogP contribution in [0.15, 0.2) is 42.5 Å². The Labute approximate surface area is 117 Å². The molecule has 0 spiro atoms. The highest BCUT2D eigenvalue weighted by Gasteiger charge is 2.09. The van der Waals surface area contributed by atoms with E-state index in [1.165, 1.54) is 6.07 Å². The number of hydrogen-bond acceptors (Lipinski definition) is 1. The van der Waals surface area contributed by atoms with Gasteiger partial charge in [0.15, 0.2) is 0 Å². The van der Waals surface area contributed by atoms with Crippen LogP contribution in [-0.2, 0) is 5.33 Å². The fourth-order valence-electron chi connectivity index (χ4n) is 1.53. The molecular formula is C14H10BrF2NO. The van der Waals surface area contributed by atoms with E-state index >= 15 is 0 Å². The summed E-state index contributed by atoms with van der Waals surface area (Å²) < 4.78 is 26.1. The topological polar surface area (TPSA) is 29.1 Å². The molecule has 1 N–H and O–H groups in total. The van der Waals surface area contributed by atoms with Gasteiger partial charge in [-0.15, -0.1) is 0 Å². The molecule has 0 bridgehead atoms. The maximum atomic E-state index is 13.4. The SMILES string of the molecule is O=C(Nc1ccc(F)cc1F)c1ccc(CBr)cc1. The third-order valence-corrected chi connectivity index (χ3v) is 3.20. The predicted octanol–water partition coefficient (Wildman–Crippen LogP) is 4.11. The number of alkyl halides is 1. The van der Waals surface area contributed by atoms with Gasteiger partial charge in [-0.2, -0.15) is 0 Å². The second kappa shape index (κ2) is 5.93. The monoisotopic (exact) mass is 325 g/mol. The largest absolute Gasteiger partial charge is 0.319 e. The van der Waals surface area contributed by atoms with E-state index in [1.54, 1.807) is 24.3 Å². The van der Waals surface area contributed by atoms with Crippen molar-refractivity contribution in [1.29, 1.82) is 0 Å². The summed E-state index contributed by atoms with van der Waals surface area (Å²) in [7, 11) is 0. The number of halogens is 3. The Balaban J connectivity index is 2.15. The lowest BCUT2D eigenvalue weighted by Gasteiger charge is -2.06. The van der Waals surface area contributed by atoms with Crippen LogP contribution >= 0.6 is 15.9 Å². The number of nitrogens with one attached hydrogen (secondary N) is 1. The van der Waals surface area contributed by atoms with Crippen molar-refractivity contribution in [2.24, 2.45) is 0 Å². The van der Waals surface area contributed by atoms with Crippen molar-refractivity contribution in [2.75, 3.05) is 5.32 Å². The maximum Gasteiger partial charge on any atom is 0.255 e. The second-order valence-electron chi connectivity index (χ2n) is 3.91. The Morgan fingerprint density at radius 1 is 1.11 bits per heavy atom. The average molecular weight is 326 g/mol. The van der Waals surface area contributed by atoms with E-state index in [9.17, 15) is 13.6 Å². The highest BCUT2D eigenvalue weighted by molar-refractivity contribution is 9.08. The predicted molar refractivity (Wildman–Crippen MR) is 73.4 cm³/mol. The van der Waals surface area contributed by atoms with Crippen LogP contribution < -0.4 is 5.32 Å². The summed E-state index contributed by atoms with van der Waals surface area (Å²) in [4.78, 5) is 11.9. The molecule has 0 aliphatic rings. The van der Waals surface area contributed by atoms with E-state index in [2.05, 4.69) is 21.2 Å². The molecule has 0 unspecified atom stereocenters. The molecule has 2 nitrogen and oxygen atoms in total. The first-order valence-electron chi connectivity index (χ1n) is 5.51.